The molecule has 0 unspecified atom stereocenters. The Hall–Kier alpha value is -3.28. The van der Waals surface area contributed by atoms with E-state index in [9.17, 15) is 18.0 Å². The van der Waals surface area contributed by atoms with Crippen molar-refractivity contribution in [2.24, 2.45) is 0 Å². The standard InChI is InChI=1S/C24H29N5O5S/c1-3-29(4-2)35(32,33)17-9-10-22(28-11-13-34-14-12-28)21(15-17)25-23(30)16-20-18-7-5-6-8-19(18)24(31)27-26-20/h5-10,15H,3-4,11-14,16H2,1-2H3,(H,25,30)(H,27,31). The summed E-state index contributed by atoms with van der Waals surface area (Å²) in [6.45, 7) is 6.59. The Morgan fingerprint density at radius 2 is 1.80 bits per heavy atom. The Balaban J connectivity index is 1.68. The number of ether oxygens (including phenoxy) is 1. The molecule has 0 spiro atoms. The third kappa shape index (κ3) is 5.21. The molecule has 186 valence electrons. The number of nitrogens with one attached hydrogen (secondary N) is 2. The van der Waals surface area contributed by atoms with Gasteiger partial charge in [-0.3, -0.25) is 9.59 Å². The van der Waals surface area contributed by atoms with Crippen molar-refractivity contribution in [2.75, 3.05) is 49.6 Å². The van der Waals surface area contributed by atoms with Gasteiger partial charge in [-0.25, -0.2) is 13.5 Å². The van der Waals surface area contributed by atoms with Gasteiger partial charge in [0.25, 0.3) is 5.56 Å². The zero-order chi connectivity index (χ0) is 25.0. The first-order valence-corrected chi connectivity index (χ1v) is 13.0. The van der Waals surface area contributed by atoms with Crippen molar-refractivity contribution >= 4 is 38.1 Å². The number of benzene rings is 2. The summed E-state index contributed by atoms with van der Waals surface area (Å²) in [5.74, 6) is -0.374. The molecule has 0 aliphatic carbocycles. The predicted octanol–water partition coefficient (Wildman–Crippen LogP) is 1.97. The summed E-state index contributed by atoms with van der Waals surface area (Å²) in [6, 6.07) is 11.8. The lowest BCUT2D eigenvalue weighted by Gasteiger charge is -2.31. The molecule has 0 radical (unpaired) electrons. The second-order valence-corrected chi connectivity index (χ2v) is 10.1. The smallest absolute Gasteiger partial charge is 0.272 e. The first-order chi connectivity index (χ1) is 16.8. The molecular formula is C24H29N5O5S. The van der Waals surface area contributed by atoms with Gasteiger partial charge in [0.1, 0.15) is 0 Å². The van der Waals surface area contributed by atoms with Gasteiger partial charge in [-0.1, -0.05) is 32.0 Å². The quantitative estimate of drug-likeness (QED) is 0.485. The summed E-state index contributed by atoms with van der Waals surface area (Å²) >= 11 is 0. The molecule has 1 aromatic heterocycles. The molecule has 3 aromatic rings. The summed E-state index contributed by atoms with van der Waals surface area (Å²) in [6.07, 6.45) is -0.0904. The van der Waals surface area contributed by atoms with Gasteiger partial charge in [-0.2, -0.15) is 9.40 Å². The number of amides is 1. The van der Waals surface area contributed by atoms with Crippen LogP contribution in [0.5, 0.6) is 0 Å². The van der Waals surface area contributed by atoms with Crippen LogP contribution in [0.25, 0.3) is 10.8 Å². The molecule has 2 N–H and O–H groups in total. The molecule has 2 aromatic carbocycles. The van der Waals surface area contributed by atoms with E-state index in [0.717, 1.165) is 5.69 Å². The van der Waals surface area contributed by atoms with Crippen molar-refractivity contribution in [2.45, 2.75) is 25.2 Å². The van der Waals surface area contributed by atoms with E-state index >= 15 is 0 Å². The predicted molar refractivity (Wildman–Crippen MR) is 134 cm³/mol. The van der Waals surface area contributed by atoms with E-state index in [1.807, 2.05) is 0 Å². The van der Waals surface area contributed by atoms with E-state index < -0.39 is 10.0 Å². The van der Waals surface area contributed by atoms with Crippen LogP contribution in [-0.2, 0) is 26.0 Å². The van der Waals surface area contributed by atoms with Crippen LogP contribution in [0.2, 0.25) is 0 Å². The summed E-state index contributed by atoms with van der Waals surface area (Å²) in [5.41, 5.74) is 1.23. The van der Waals surface area contributed by atoms with E-state index in [1.165, 1.54) is 10.4 Å². The van der Waals surface area contributed by atoms with E-state index in [2.05, 4.69) is 20.4 Å². The van der Waals surface area contributed by atoms with E-state index in [0.29, 0.717) is 61.5 Å². The fourth-order valence-corrected chi connectivity index (χ4v) is 5.71. The molecular weight excluding hydrogens is 470 g/mol. The highest BCUT2D eigenvalue weighted by atomic mass is 32.2. The lowest BCUT2D eigenvalue weighted by atomic mass is 10.1. The lowest BCUT2D eigenvalue weighted by Crippen LogP contribution is -2.37. The SMILES string of the molecule is CCN(CC)S(=O)(=O)c1ccc(N2CCOCC2)c(NC(=O)Cc2n[nH]c(=O)c3ccccc23)c1. The van der Waals surface area contributed by atoms with Crippen molar-refractivity contribution in [1.29, 1.82) is 0 Å². The molecule has 35 heavy (non-hydrogen) atoms. The molecule has 0 atom stereocenters. The van der Waals surface area contributed by atoms with Crippen LogP contribution in [-0.4, -0.2) is 68.2 Å². The number of anilines is 2. The number of nitrogens with zero attached hydrogens (tertiary/aromatic N) is 3. The highest BCUT2D eigenvalue weighted by molar-refractivity contribution is 7.89. The highest BCUT2D eigenvalue weighted by Gasteiger charge is 2.25. The Morgan fingerprint density at radius 3 is 2.49 bits per heavy atom. The zero-order valence-electron chi connectivity index (χ0n) is 19.8. The molecule has 10 nitrogen and oxygen atoms in total. The maximum Gasteiger partial charge on any atom is 0.272 e. The van der Waals surface area contributed by atoms with Crippen LogP contribution in [0, 0.1) is 0 Å². The number of rotatable bonds is 8. The minimum atomic E-state index is -3.71. The van der Waals surface area contributed by atoms with Gasteiger partial charge < -0.3 is 15.0 Å². The molecule has 0 saturated carbocycles. The van der Waals surface area contributed by atoms with E-state index in [-0.39, 0.29) is 22.8 Å². The number of hydrogen-bond acceptors (Lipinski definition) is 7. The van der Waals surface area contributed by atoms with Crippen LogP contribution < -0.4 is 15.8 Å². The second kappa shape index (κ2) is 10.5. The first-order valence-electron chi connectivity index (χ1n) is 11.6. The van der Waals surface area contributed by atoms with Gasteiger partial charge in [0.05, 0.1) is 47.0 Å². The topological polar surface area (TPSA) is 125 Å². The van der Waals surface area contributed by atoms with Crippen LogP contribution in [0.4, 0.5) is 11.4 Å². The van der Waals surface area contributed by atoms with Crippen molar-refractivity contribution in [3.8, 4) is 0 Å². The van der Waals surface area contributed by atoms with Gasteiger partial charge in [0.2, 0.25) is 15.9 Å². The number of fused-ring (bicyclic) bond motifs is 1. The second-order valence-electron chi connectivity index (χ2n) is 8.14. The Bertz CT molecular complexity index is 1380. The third-order valence-electron chi connectivity index (χ3n) is 6.04. The highest BCUT2D eigenvalue weighted by Crippen LogP contribution is 2.31. The fraction of sp³-hybridized carbons (Fsp3) is 0.375. The van der Waals surface area contributed by atoms with Gasteiger partial charge in [-0.05, 0) is 24.3 Å². The molecule has 1 amide bonds. The minimum absolute atomic E-state index is 0.0904. The number of carbonyl (C=O) groups is 1. The van der Waals surface area contributed by atoms with Crippen molar-refractivity contribution in [3.05, 3.63) is 58.5 Å². The Kier molecular flexibility index (Phi) is 7.48. The molecule has 4 rings (SSSR count). The summed E-state index contributed by atoms with van der Waals surface area (Å²) in [4.78, 5) is 27.3. The summed E-state index contributed by atoms with van der Waals surface area (Å²) in [5, 5.41) is 10.4. The number of carbonyl (C=O) groups excluding carboxylic acids is 1. The number of sulfonamides is 1. The molecule has 0 bridgehead atoms. The third-order valence-corrected chi connectivity index (χ3v) is 8.09. The first kappa shape index (κ1) is 24.8. The largest absolute Gasteiger partial charge is 0.378 e. The Morgan fingerprint density at radius 1 is 1.11 bits per heavy atom. The van der Waals surface area contributed by atoms with Gasteiger partial charge in [-0.15, -0.1) is 0 Å². The van der Waals surface area contributed by atoms with Gasteiger partial charge in [0.15, 0.2) is 0 Å². The number of aromatic nitrogens is 2. The molecule has 2 heterocycles. The van der Waals surface area contributed by atoms with Crippen molar-refractivity contribution in [3.63, 3.8) is 0 Å². The summed E-state index contributed by atoms with van der Waals surface area (Å²) < 4.78 is 33.1. The normalized spacial score (nSPS) is 14.4. The number of hydrogen-bond donors (Lipinski definition) is 2. The molecule has 1 fully saturated rings. The number of H-pyrrole nitrogens is 1. The molecule has 1 aliphatic heterocycles. The molecule has 11 heteroatoms. The van der Waals surface area contributed by atoms with Crippen molar-refractivity contribution in [1.82, 2.24) is 14.5 Å². The minimum Gasteiger partial charge on any atom is -0.378 e. The van der Waals surface area contributed by atoms with Crippen LogP contribution in [0.15, 0.2) is 52.2 Å². The van der Waals surface area contributed by atoms with Gasteiger partial charge in [0, 0.05) is 31.6 Å². The number of morpholine rings is 1. The average Bonchev–Trinajstić information content (AvgIpc) is 2.87. The van der Waals surface area contributed by atoms with Crippen LogP contribution in [0.3, 0.4) is 0 Å². The number of aromatic amines is 1. The van der Waals surface area contributed by atoms with Crippen LogP contribution >= 0.6 is 0 Å². The van der Waals surface area contributed by atoms with Crippen molar-refractivity contribution < 1.29 is 17.9 Å². The van der Waals surface area contributed by atoms with Gasteiger partial charge >= 0.3 is 0 Å². The maximum absolute atomic E-state index is 13.1. The Labute approximate surface area is 203 Å². The molecule has 1 saturated heterocycles. The van der Waals surface area contributed by atoms with E-state index in [1.54, 1.807) is 50.2 Å². The van der Waals surface area contributed by atoms with Crippen LogP contribution in [0.1, 0.15) is 19.5 Å². The monoisotopic (exact) mass is 499 g/mol. The van der Waals surface area contributed by atoms with E-state index in [4.69, 9.17) is 4.74 Å². The molecule has 1 aliphatic rings. The summed E-state index contributed by atoms with van der Waals surface area (Å²) in [7, 11) is -3.71. The zero-order valence-corrected chi connectivity index (χ0v) is 20.6. The average molecular weight is 500 g/mol. The lowest BCUT2D eigenvalue weighted by molar-refractivity contribution is -0.115. The maximum atomic E-state index is 13.1. The fourth-order valence-electron chi connectivity index (χ4n) is 4.22.